The van der Waals surface area contributed by atoms with E-state index in [0.29, 0.717) is 12.5 Å². The van der Waals surface area contributed by atoms with Gasteiger partial charge in [-0.05, 0) is 73.2 Å². The van der Waals surface area contributed by atoms with Gasteiger partial charge in [0.25, 0.3) is 0 Å². The summed E-state index contributed by atoms with van der Waals surface area (Å²) in [5.41, 5.74) is 2.27. The molecule has 2 aromatic rings. The van der Waals surface area contributed by atoms with E-state index >= 15 is 0 Å². The number of likely N-dealkylation sites (tertiary alicyclic amines) is 1. The van der Waals surface area contributed by atoms with Gasteiger partial charge in [0.2, 0.25) is 0 Å². The Balaban J connectivity index is 1.54. The van der Waals surface area contributed by atoms with Crippen molar-refractivity contribution in [2.45, 2.75) is 38.0 Å². The number of piperidine rings is 1. The average molecular weight is 437 g/mol. The summed E-state index contributed by atoms with van der Waals surface area (Å²) in [5, 5.41) is 1.95. The summed E-state index contributed by atoms with van der Waals surface area (Å²) in [4.78, 5) is 19.3. The maximum Gasteiger partial charge on any atom is 0.315 e. The van der Waals surface area contributed by atoms with Gasteiger partial charge in [-0.2, -0.15) is 0 Å². The highest BCUT2D eigenvalue weighted by atomic mass is 79.9. The minimum atomic E-state index is -0.274. The zero-order chi connectivity index (χ0) is 18.4. The van der Waals surface area contributed by atoms with Crippen LogP contribution in [0.3, 0.4) is 0 Å². The van der Waals surface area contributed by atoms with Crippen LogP contribution in [0.5, 0.6) is 0 Å². The van der Waals surface area contributed by atoms with Crippen LogP contribution in [0.2, 0.25) is 0 Å². The zero-order valence-corrected chi connectivity index (χ0v) is 17.5. The van der Waals surface area contributed by atoms with Gasteiger partial charge in [-0.25, -0.2) is 4.98 Å². The van der Waals surface area contributed by atoms with Gasteiger partial charge in [-0.1, -0.05) is 30.3 Å². The summed E-state index contributed by atoms with van der Waals surface area (Å²) < 4.78 is 6.08. The number of halogens is 1. The summed E-state index contributed by atoms with van der Waals surface area (Å²) in [7, 11) is 0. The maximum absolute atomic E-state index is 12.4. The number of hydrogen-bond donors (Lipinski definition) is 0. The van der Waals surface area contributed by atoms with Gasteiger partial charge in [-0.15, -0.1) is 11.3 Å². The number of hydrogen-bond acceptors (Lipinski definition) is 5. The molecule has 1 aliphatic heterocycles. The van der Waals surface area contributed by atoms with Crippen molar-refractivity contribution in [2.24, 2.45) is 0 Å². The molecule has 1 fully saturated rings. The molecule has 1 atom stereocenters. The van der Waals surface area contributed by atoms with Crippen molar-refractivity contribution in [1.29, 1.82) is 0 Å². The van der Waals surface area contributed by atoms with Crippen molar-refractivity contribution in [3.63, 3.8) is 0 Å². The second kappa shape index (κ2) is 9.62. The van der Waals surface area contributed by atoms with Crippen LogP contribution < -0.4 is 0 Å². The van der Waals surface area contributed by atoms with Gasteiger partial charge in [0.1, 0.15) is 5.92 Å². The van der Waals surface area contributed by atoms with Crippen LogP contribution in [0, 0.1) is 0 Å². The van der Waals surface area contributed by atoms with Crippen molar-refractivity contribution >= 4 is 33.2 Å². The molecular formula is C20H25BrN2O2S. The molecule has 0 spiro atoms. The molecule has 1 saturated heterocycles. The van der Waals surface area contributed by atoms with Crippen LogP contribution >= 0.6 is 27.3 Å². The molecule has 2 heterocycles. The first-order chi connectivity index (χ1) is 12.7. The molecule has 1 unspecified atom stereocenters. The summed E-state index contributed by atoms with van der Waals surface area (Å²) in [6, 6.07) is 10.8. The van der Waals surface area contributed by atoms with E-state index in [4.69, 9.17) is 4.74 Å². The Bertz CT molecular complexity index is 699. The second-order valence-corrected chi connectivity index (χ2v) is 8.78. The summed E-state index contributed by atoms with van der Waals surface area (Å²) >= 11 is 4.90. The van der Waals surface area contributed by atoms with E-state index in [2.05, 4.69) is 56.1 Å². The molecule has 140 valence electrons. The van der Waals surface area contributed by atoms with E-state index in [-0.39, 0.29) is 11.9 Å². The standard InChI is InChI=1S/C20H25BrN2O2S/c1-2-25-19(24)17(18-14-26-20(21)22-18)10-13-23-11-8-16(9-12-23)15-6-4-3-5-7-15/h3-7,14,16-17H,2,8-13H2,1H3. The number of benzene rings is 1. The Morgan fingerprint density at radius 1 is 1.35 bits per heavy atom. The fourth-order valence-electron chi connectivity index (χ4n) is 3.58. The quantitative estimate of drug-likeness (QED) is 0.583. The number of thiazole rings is 1. The molecule has 4 nitrogen and oxygen atoms in total. The van der Waals surface area contributed by atoms with E-state index in [1.54, 1.807) is 0 Å². The van der Waals surface area contributed by atoms with Crippen LogP contribution in [0.4, 0.5) is 0 Å². The number of carbonyl (C=O) groups excluding carboxylic acids is 1. The topological polar surface area (TPSA) is 42.4 Å². The van der Waals surface area contributed by atoms with Gasteiger partial charge in [0, 0.05) is 5.38 Å². The molecule has 1 aromatic carbocycles. The number of ether oxygens (including phenoxy) is 1. The van der Waals surface area contributed by atoms with Crippen LogP contribution in [0.15, 0.2) is 39.6 Å². The third kappa shape index (κ3) is 5.15. The van der Waals surface area contributed by atoms with Gasteiger partial charge >= 0.3 is 5.97 Å². The van der Waals surface area contributed by atoms with Crippen LogP contribution in [-0.2, 0) is 9.53 Å². The highest BCUT2D eigenvalue weighted by Gasteiger charge is 2.27. The number of rotatable bonds is 7. The maximum atomic E-state index is 12.4. The Kier molecular flexibility index (Phi) is 7.23. The molecule has 0 amide bonds. The smallest absolute Gasteiger partial charge is 0.315 e. The van der Waals surface area contributed by atoms with Crippen molar-refractivity contribution in [3.05, 3.63) is 50.9 Å². The van der Waals surface area contributed by atoms with Crippen LogP contribution in [0.1, 0.15) is 49.3 Å². The first-order valence-corrected chi connectivity index (χ1v) is 10.9. The molecule has 0 saturated carbocycles. The van der Waals surface area contributed by atoms with Crippen molar-refractivity contribution in [3.8, 4) is 0 Å². The molecule has 3 rings (SSSR count). The molecular weight excluding hydrogens is 412 g/mol. The predicted molar refractivity (Wildman–Crippen MR) is 109 cm³/mol. The van der Waals surface area contributed by atoms with Crippen molar-refractivity contribution in [2.75, 3.05) is 26.2 Å². The number of esters is 1. The Labute approximate surface area is 167 Å². The number of aromatic nitrogens is 1. The van der Waals surface area contributed by atoms with E-state index < -0.39 is 0 Å². The lowest BCUT2D eigenvalue weighted by Crippen LogP contribution is -2.35. The van der Waals surface area contributed by atoms with Gasteiger partial charge in [-0.3, -0.25) is 4.79 Å². The molecule has 0 aliphatic carbocycles. The number of nitrogens with zero attached hydrogens (tertiary/aromatic N) is 2. The molecule has 6 heteroatoms. The van der Waals surface area contributed by atoms with E-state index in [0.717, 1.165) is 35.7 Å². The first kappa shape index (κ1) is 19.5. The normalized spacial score (nSPS) is 17.2. The monoisotopic (exact) mass is 436 g/mol. The molecule has 26 heavy (non-hydrogen) atoms. The summed E-state index contributed by atoms with van der Waals surface area (Å²) in [6.07, 6.45) is 3.11. The van der Waals surface area contributed by atoms with Gasteiger partial charge < -0.3 is 9.64 Å². The lowest BCUT2D eigenvalue weighted by Gasteiger charge is -2.32. The Hall–Kier alpha value is -1.24. The van der Waals surface area contributed by atoms with Crippen LogP contribution in [0.25, 0.3) is 0 Å². The average Bonchev–Trinajstić information content (AvgIpc) is 3.09. The molecule has 1 aliphatic rings. The van der Waals surface area contributed by atoms with E-state index in [1.807, 2.05) is 12.3 Å². The van der Waals surface area contributed by atoms with Crippen LogP contribution in [-0.4, -0.2) is 42.1 Å². The minimum absolute atomic E-state index is 0.163. The SMILES string of the molecule is CCOC(=O)C(CCN1CCC(c2ccccc2)CC1)c1csc(Br)n1. The third-order valence-corrected chi connectivity index (χ3v) is 6.40. The Morgan fingerprint density at radius 3 is 2.69 bits per heavy atom. The first-order valence-electron chi connectivity index (χ1n) is 9.22. The zero-order valence-electron chi connectivity index (χ0n) is 15.1. The Morgan fingerprint density at radius 2 is 2.08 bits per heavy atom. The second-order valence-electron chi connectivity index (χ2n) is 6.65. The third-order valence-electron chi connectivity index (χ3n) is 5.01. The highest BCUT2D eigenvalue weighted by molar-refractivity contribution is 9.11. The number of carbonyl (C=O) groups is 1. The van der Waals surface area contributed by atoms with Gasteiger partial charge in [0.05, 0.1) is 12.3 Å². The lowest BCUT2D eigenvalue weighted by atomic mass is 9.89. The fourth-order valence-corrected chi connectivity index (χ4v) is 4.66. The molecule has 0 N–H and O–H groups in total. The highest BCUT2D eigenvalue weighted by Crippen LogP contribution is 2.30. The van der Waals surface area contributed by atoms with Crippen molar-refractivity contribution < 1.29 is 9.53 Å². The largest absolute Gasteiger partial charge is 0.465 e. The predicted octanol–water partition coefficient (Wildman–Crippen LogP) is 4.82. The van der Waals surface area contributed by atoms with Crippen molar-refractivity contribution in [1.82, 2.24) is 9.88 Å². The van der Waals surface area contributed by atoms with E-state index in [9.17, 15) is 4.79 Å². The molecule has 0 radical (unpaired) electrons. The summed E-state index contributed by atoms with van der Waals surface area (Å²) in [6.45, 7) is 5.31. The minimum Gasteiger partial charge on any atom is -0.465 e. The molecule has 1 aromatic heterocycles. The van der Waals surface area contributed by atoms with Gasteiger partial charge in [0.15, 0.2) is 3.92 Å². The summed E-state index contributed by atoms with van der Waals surface area (Å²) in [5.74, 6) is 0.219. The van der Waals surface area contributed by atoms with E-state index in [1.165, 1.54) is 29.7 Å². The molecule has 0 bridgehead atoms. The lowest BCUT2D eigenvalue weighted by molar-refractivity contribution is -0.145. The fraction of sp³-hybridized carbons (Fsp3) is 0.500.